The van der Waals surface area contributed by atoms with Gasteiger partial charge in [-0.1, -0.05) is 160 Å². The summed E-state index contributed by atoms with van der Waals surface area (Å²) in [6.45, 7) is 17.0. The van der Waals surface area contributed by atoms with Crippen LogP contribution in [0.5, 0.6) is 0 Å². The second-order valence-corrected chi connectivity index (χ2v) is 23.0. The minimum Gasteiger partial charge on any atom is -0.309 e. The summed E-state index contributed by atoms with van der Waals surface area (Å²) in [5.41, 5.74) is 25.3. The van der Waals surface area contributed by atoms with Crippen LogP contribution in [0.3, 0.4) is 0 Å². The molecule has 0 saturated heterocycles. The molecule has 406 valence electrons. The summed E-state index contributed by atoms with van der Waals surface area (Å²) in [5, 5.41) is 25.5. The van der Waals surface area contributed by atoms with E-state index >= 15 is 0 Å². The smallest absolute Gasteiger partial charge is 0.309 e. The molecule has 0 aliphatic carbocycles. The number of alkyl halides is 3. The van der Waals surface area contributed by atoms with Gasteiger partial charge in [-0.2, -0.15) is 23.7 Å². The third kappa shape index (κ3) is 9.48. The maximum absolute atomic E-state index is 14.3. The van der Waals surface area contributed by atoms with Crippen LogP contribution in [0, 0.1) is 78.1 Å². The summed E-state index contributed by atoms with van der Waals surface area (Å²) in [4.78, 5) is 0. The van der Waals surface area contributed by atoms with E-state index in [1.54, 1.807) is 0 Å². The summed E-state index contributed by atoms with van der Waals surface area (Å²) in [6.07, 6.45) is -4.65. The molecule has 0 bridgehead atoms. The van der Waals surface area contributed by atoms with Crippen LogP contribution in [-0.2, 0) is 6.18 Å². The van der Waals surface area contributed by atoms with E-state index in [1.165, 1.54) is 28.3 Å². The molecular formula is C77H57F3N4. The van der Waals surface area contributed by atoms with Crippen molar-refractivity contribution in [2.75, 3.05) is 0 Å². The zero-order valence-corrected chi connectivity index (χ0v) is 48.0. The molecule has 13 rings (SSSR count). The molecule has 2 aromatic heterocycles. The van der Waals surface area contributed by atoms with Gasteiger partial charge in [-0.25, -0.2) is 0 Å². The molecule has 11 aromatic carbocycles. The second-order valence-electron chi connectivity index (χ2n) is 23.0. The summed E-state index contributed by atoms with van der Waals surface area (Å²) in [6, 6.07) is 72.6. The number of benzene rings is 11. The van der Waals surface area contributed by atoms with E-state index in [0.29, 0.717) is 22.4 Å². The Hall–Kier alpha value is -10.2. The van der Waals surface area contributed by atoms with Gasteiger partial charge < -0.3 is 9.13 Å². The lowest BCUT2D eigenvalue weighted by Crippen LogP contribution is -2.05. The normalized spacial score (nSPS) is 11.7. The maximum Gasteiger partial charge on any atom is 0.416 e. The van der Waals surface area contributed by atoms with Crippen molar-refractivity contribution in [1.29, 1.82) is 10.5 Å². The minimum atomic E-state index is -4.65. The first kappa shape index (κ1) is 53.1. The van der Waals surface area contributed by atoms with E-state index in [2.05, 4.69) is 222 Å². The molecule has 0 aliphatic rings. The first-order valence-electron chi connectivity index (χ1n) is 28.2. The molecule has 0 aliphatic heterocycles. The lowest BCUT2D eigenvalue weighted by Gasteiger charge is -2.20. The van der Waals surface area contributed by atoms with Crippen LogP contribution in [-0.4, -0.2) is 9.13 Å². The molecule has 84 heavy (non-hydrogen) atoms. The second kappa shape index (κ2) is 20.3. The van der Waals surface area contributed by atoms with Gasteiger partial charge in [0.15, 0.2) is 0 Å². The minimum absolute atomic E-state index is 0.0974. The van der Waals surface area contributed by atoms with Gasteiger partial charge in [0.2, 0.25) is 0 Å². The number of aromatic nitrogens is 2. The van der Waals surface area contributed by atoms with Crippen LogP contribution in [0.1, 0.15) is 61.2 Å². The predicted molar refractivity (Wildman–Crippen MR) is 340 cm³/mol. The molecular weight excluding hydrogens is 1040 g/mol. The molecule has 0 saturated carbocycles. The predicted octanol–water partition coefficient (Wildman–Crippen LogP) is 21.1. The van der Waals surface area contributed by atoms with Gasteiger partial charge in [-0.3, -0.25) is 0 Å². The van der Waals surface area contributed by atoms with Gasteiger partial charge in [-0.15, -0.1) is 0 Å². The average Bonchev–Trinajstić information content (AvgIpc) is 1.70. The highest BCUT2D eigenvalue weighted by Crippen LogP contribution is 2.46. The Kier molecular flexibility index (Phi) is 12.9. The molecule has 4 nitrogen and oxygen atoms in total. The highest BCUT2D eigenvalue weighted by atomic mass is 19.4. The van der Waals surface area contributed by atoms with Crippen molar-refractivity contribution in [1.82, 2.24) is 9.13 Å². The molecule has 0 amide bonds. The Morgan fingerprint density at radius 1 is 0.298 bits per heavy atom. The van der Waals surface area contributed by atoms with Crippen LogP contribution in [0.25, 0.3) is 122 Å². The zero-order valence-electron chi connectivity index (χ0n) is 48.0. The van der Waals surface area contributed by atoms with E-state index in [1.807, 2.05) is 36.4 Å². The number of rotatable bonds is 8. The van der Waals surface area contributed by atoms with Crippen molar-refractivity contribution in [3.05, 3.63) is 261 Å². The van der Waals surface area contributed by atoms with Gasteiger partial charge >= 0.3 is 6.18 Å². The van der Waals surface area contributed by atoms with Crippen LogP contribution >= 0.6 is 0 Å². The number of nitriles is 2. The van der Waals surface area contributed by atoms with Crippen molar-refractivity contribution >= 4 is 43.6 Å². The fourth-order valence-corrected chi connectivity index (χ4v) is 13.0. The van der Waals surface area contributed by atoms with Gasteiger partial charge in [0.25, 0.3) is 0 Å². The number of halogens is 3. The lowest BCUT2D eigenvalue weighted by atomic mass is 9.93. The molecule has 0 unspecified atom stereocenters. The van der Waals surface area contributed by atoms with E-state index in [-0.39, 0.29) is 5.56 Å². The quantitative estimate of drug-likeness (QED) is 0.152. The Morgan fingerprint density at radius 2 is 0.655 bits per heavy atom. The topological polar surface area (TPSA) is 57.4 Å². The Bertz CT molecular complexity index is 4710. The highest BCUT2D eigenvalue weighted by molar-refractivity contribution is 6.14. The average molecular weight is 1100 g/mol. The van der Waals surface area contributed by atoms with Crippen molar-refractivity contribution in [3.63, 3.8) is 0 Å². The van der Waals surface area contributed by atoms with Crippen LogP contribution in [0.15, 0.2) is 200 Å². The summed E-state index contributed by atoms with van der Waals surface area (Å²) >= 11 is 0. The Balaban J connectivity index is 1.13. The lowest BCUT2D eigenvalue weighted by molar-refractivity contribution is -0.137. The van der Waals surface area contributed by atoms with E-state index in [4.69, 9.17) is 0 Å². The summed E-state index contributed by atoms with van der Waals surface area (Å²) in [7, 11) is 0. The van der Waals surface area contributed by atoms with Gasteiger partial charge in [0.05, 0.1) is 62.3 Å². The molecule has 0 N–H and O–H groups in total. The van der Waals surface area contributed by atoms with E-state index < -0.39 is 11.7 Å². The molecule has 7 heteroatoms. The van der Waals surface area contributed by atoms with E-state index in [9.17, 15) is 23.7 Å². The fourth-order valence-electron chi connectivity index (χ4n) is 13.0. The highest BCUT2D eigenvalue weighted by Gasteiger charge is 2.32. The number of nitrogens with zero attached hydrogens (tertiary/aromatic N) is 4. The molecule has 0 atom stereocenters. The van der Waals surface area contributed by atoms with E-state index in [0.717, 1.165) is 139 Å². The fraction of sp³-hybridized carbons (Fsp3) is 0.117. The molecule has 0 radical (unpaired) electrons. The molecule has 0 spiro atoms. The number of aryl methyl sites for hydroxylation is 8. The standard InChI is InChI=1S/C77H57F3N4/c1-44-23-45(2)28-58(27-44)53-11-19-72-67(37-53)68-38-54(59-29-46(3)24-47(4)30-59)12-20-73(68)83(72)71-18-9-52(42-81)35-66(71)65-16-10-57(64-17-15-63(77(78,79)80)36-62(64)43-82)41-76(65)84-74-21-13-55(60-31-48(5)25-49(6)32-60)39-69(74)70-40-56(14-22-75(70)84)61-33-50(7)26-51(8)34-61/h9-41H,1-8H3. The molecule has 13 aromatic rings. The first-order valence-corrected chi connectivity index (χ1v) is 28.2. The first-order chi connectivity index (χ1) is 40.4. The number of hydrogen-bond donors (Lipinski definition) is 0. The van der Waals surface area contributed by atoms with Gasteiger partial charge in [0, 0.05) is 32.7 Å². The summed E-state index contributed by atoms with van der Waals surface area (Å²) in [5.74, 6) is 0. The molecule has 2 heterocycles. The SMILES string of the molecule is Cc1cc(C)cc(-c2ccc3c(c2)c2cc(-c4cc(C)cc(C)c4)ccc2n3-c2ccc(C#N)cc2-c2ccc(-c3ccc(C(F)(F)F)cc3C#N)cc2-n2c3ccc(-c4cc(C)cc(C)c4)cc3c3cc(-c4cc(C)cc(C)c4)ccc32)c1. The number of hydrogen-bond acceptors (Lipinski definition) is 2. The van der Waals surface area contributed by atoms with Crippen LogP contribution in [0.4, 0.5) is 13.2 Å². The Labute approximate surface area is 487 Å². The van der Waals surface area contributed by atoms with Gasteiger partial charge in [0.1, 0.15) is 0 Å². The zero-order chi connectivity index (χ0) is 58.5. The molecule has 0 fully saturated rings. The maximum atomic E-state index is 14.3. The Morgan fingerprint density at radius 3 is 1.01 bits per heavy atom. The van der Waals surface area contributed by atoms with Crippen molar-refractivity contribution in [3.8, 4) is 90.3 Å². The van der Waals surface area contributed by atoms with Crippen LogP contribution < -0.4 is 0 Å². The summed E-state index contributed by atoms with van der Waals surface area (Å²) < 4.78 is 47.5. The van der Waals surface area contributed by atoms with Crippen molar-refractivity contribution in [2.24, 2.45) is 0 Å². The van der Waals surface area contributed by atoms with Crippen molar-refractivity contribution in [2.45, 2.75) is 61.6 Å². The third-order valence-electron chi connectivity index (χ3n) is 16.4. The van der Waals surface area contributed by atoms with Crippen LogP contribution in [0.2, 0.25) is 0 Å². The third-order valence-corrected chi connectivity index (χ3v) is 16.4. The van der Waals surface area contributed by atoms with Gasteiger partial charge in [-0.05, 0) is 196 Å². The monoisotopic (exact) mass is 1090 g/mol. The number of fused-ring (bicyclic) bond motifs is 6. The van der Waals surface area contributed by atoms with Crippen molar-refractivity contribution < 1.29 is 13.2 Å². The largest absolute Gasteiger partial charge is 0.416 e.